The van der Waals surface area contributed by atoms with E-state index in [1.54, 1.807) is 16.3 Å². The van der Waals surface area contributed by atoms with Gasteiger partial charge in [0.05, 0.1) is 19.2 Å². The van der Waals surface area contributed by atoms with Crippen molar-refractivity contribution in [2.75, 3.05) is 14.7 Å². The molecule has 4 heterocycles. The van der Waals surface area contributed by atoms with Crippen LogP contribution >= 0.6 is 0 Å². The third-order valence-corrected chi connectivity index (χ3v) is 21.8. The highest BCUT2D eigenvalue weighted by molar-refractivity contribution is 7.01. The molecule has 0 radical (unpaired) electrons. The van der Waals surface area contributed by atoms with E-state index in [2.05, 4.69) is 239 Å². The monoisotopic (exact) mass is 966 g/mol. The molecule has 2 saturated carbocycles. The molecule has 3 nitrogen and oxygen atoms in total. The lowest BCUT2D eigenvalue weighted by Crippen LogP contribution is -2.65. The molecule has 6 aliphatic rings. The Labute approximate surface area is 436 Å². The van der Waals surface area contributed by atoms with Crippen LogP contribution in [-0.4, -0.2) is 25.9 Å². The molecule has 8 aromatic rings. The largest absolute Gasteiger partial charge is 0.335 e. The smallest absolute Gasteiger partial charge is 0.252 e. The fraction of sp³-hybridized carbons (Fsp3) is 0.294. The molecule has 0 aromatic heterocycles. The Morgan fingerprint density at radius 3 is 1.78 bits per heavy atom. The van der Waals surface area contributed by atoms with Gasteiger partial charge in [0.2, 0.25) is 0 Å². The van der Waals surface area contributed by atoms with Gasteiger partial charge in [-0.2, -0.15) is 0 Å². The summed E-state index contributed by atoms with van der Waals surface area (Å²) < 4.78 is 0. The molecule has 2 fully saturated rings. The van der Waals surface area contributed by atoms with E-state index in [1.165, 1.54) is 127 Å². The minimum Gasteiger partial charge on any atom is -0.335 e. The van der Waals surface area contributed by atoms with Crippen molar-refractivity contribution < 1.29 is 0 Å². The number of nitrogens with zero attached hydrogens (tertiary/aromatic N) is 3. The minimum atomic E-state index is -1.86. The maximum atomic E-state index is 2.99. The van der Waals surface area contributed by atoms with Gasteiger partial charge >= 0.3 is 0 Å². The minimum absolute atomic E-state index is 0.0138. The van der Waals surface area contributed by atoms with Gasteiger partial charge in [-0.1, -0.05) is 191 Å². The SMILES string of the molecule is Cc1cc(C)c2c(c1)N(c1cc3c4c(c1)N1c5c(cc([Si](C)(C)C)cc5C5(c6ccccc6)CCCCC15C)B4c1cc(-c4ccccc4)ccc1N3c1ccc(-c3ccccc3)cc1)C1(C)CCCCC21C. The maximum absolute atomic E-state index is 2.99. The molecular weight excluding hydrogens is 898 g/mol. The Bertz CT molecular complexity index is 3550. The highest BCUT2D eigenvalue weighted by Crippen LogP contribution is 2.66. The number of hydrogen-bond acceptors (Lipinski definition) is 3. The summed E-state index contributed by atoms with van der Waals surface area (Å²) in [5, 5.41) is 1.57. The van der Waals surface area contributed by atoms with Crippen molar-refractivity contribution in [2.45, 2.75) is 128 Å². The molecule has 0 spiro atoms. The predicted molar refractivity (Wildman–Crippen MR) is 315 cm³/mol. The second-order valence-electron chi connectivity index (χ2n) is 24.6. The summed E-state index contributed by atoms with van der Waals surface area (Å²) in [6.45, 7) is 20.4. The zero-order chi connectivity index (χ0) is 49.8. The summed E-state index contributed by atoms with van der Waals surface area (Å²) in [7, 11) is -1.86. The molecule has 73 heavy (non-hydrogen) atoms. The normalized spacial score (nSPS) is 24.1. The van der Waals surface area contributed by atoms with Crippen LogP contribution in [0.5, 0.6) is 0 Å². The Kier molecular flexibility index (Phi) is 9.72. The Balaban J connectivity index is 1.13. The maximum Gasteiger partial charge on any atom is 0.252 e. The average Bonchev–Trinajstić information content (AvgIpc) is 3.81. The van der Waals surface area contributed by atoms with E-state index in [9.17, 15) is 0 Å². The van der Waals surface area contributed by atoms with Gasteiger partial charge in [-0.05, 0) is 156 Å². The third-order valence-electron chi connectivity index (χ3n) is 19.7. The van der Waals surface area contributed by atoms with Crippen LogP contribution in [0.4, 0.5) is 39.8 Å². The highest BCUT2D eigenvalue weighted by Gasteiger charge is 2.65. The van der Waals surface area contributed by atoms with E-state index < -0.39 is 8.07 Å². The number of aryl methyl sites for hydroxylation is 2. The van der Waals surface area contributed by atoms with Crippen molar-refractivity contribution in [3.8, 4) is 22.3 Å². The van der Waals surface area contributed by atoms with Gasteiger partial charge < -0.3 is 14.7 Å². The Morgan fingerprint density at radius 1 is 0.479 bits per heavy atom. The number of anilines is 7. The quantitative estimate of drug-likeness (QED) is 0.154. The first kappa shape index (κ1) is 45.1. The lowest BCUT2D eigenvalue weighted by molar-refractivity contribution is 0.194. The second-order valence-corrected chi connectivity index (χ2v) is 29.7. The van der Waals surface area contributed by atoms with Crippen LogP contribution in [0.25, 0.3) is 22.3 Å². The van der Waals surface area contributed by atoms with Gasteiger partial charge in [-0.15, -0.1) is 0 Å². The van der Waals surface area contributed by atoms with Crippen molar-refractivity contribution in [1.29, 1.82) is 0 Å². The summed E-state index contributed by atoms with van der Waals surface area (Å²) in [6, 6.07) is 66.6. The summed E-state index contributed by atoms with van der Waals surface area (Å²) in [5.41, 5.74) is 25.6. The van der Waals surface area contributed by atoms with Crippen LogP contribution in [0, 0.1) is 13.8 Å². The van der Waals surface area contributed by atoms with Crippen molar-refractivity contribution in [3.05, 3.63) is 198 Å². The van der Waals surface area contributed by atoms with Gasteiger partial charge in [0.15, 0.2) is 0 Å². The summed E-state index contributed by atoms with van der Waals surface area (Å²) >= 11 is 0. The van der Waals surface area contributed by atoms with Crippen LogP contribution in [0.2, 0.25) is 19.6 Å². The molecule has 0 saturated heterocycles. The molecule has 4 atom stereocenters. The molecule has 362 valence electrons. The lowest BCUT2D eigenvalue weighted by atomic mass is 9.33. The van der Waals surface area contributed by atoms with Crippen LogP contribution in [0.3, 0.4) is 0 Å². The van der Waals surface area contributed by atoms with Gasteiger partial charge in [-0.25, -0.2) is 0 Å². The van der Waals surface area contributed by atoms with Gasteiger partial charge in [0, 0.05) is 50.6 Å². The lowest BCUT2D eigenvalue weighted by Gasteiger charge is -2.54. The van der Waals surface area contributed by atoms with Crippen LogP contribution in [0.1, 0.15) is 100.0 Å². The van der Waals surface area contributed by atoms with Crippen LogP contribution in [-0.2, 0) is 10.8 Å². The molecule has 5 heteroatoms. The van der Waals surface area contributed by atoms with Gasteiger partial charge in [0.25, 0.3) is 6.71 Å². The average molecular weight is 966 g/mol. The molecule has 14 rings (SSSR count). The topological polar surface area (TPSA) is 9.72 Å². The van der Waals surface area contributed by atoms with Crippen molar-refractivity contribution in [3.63, 3.8) is 0 Å². The zero-order valence-electron chi connectivity index (χ0n) is 44.2. The van der Waals surface area contributed by atoms with E-state index in [0.29, 0.717) is 0 Å². The van der Waals surface area contributed by atoms with E-state index in [-0.39, 0.29) is 28.6 Å². The molecule has 2 aliphatic carbocycles. The highest BCUT2D eigenvalue weighted by atomic mass is 28.3. The fourth-order valence-electron chi connectivity index (χ4n) is 16.2. The van der Waals surface area contributed by atoms with Gasteiger partial charge in [-0.3, -0.25) is 0 Å². The van der Waals surface area contributed by atoms with Crippen molar-refractivity contribution >= 4 is 76.2 Å². The Morgan fingerprint density at radius 2 is 1.08 bits per heavy atom. The van der Waals surface area contributed by atoms with E-state index in [1.807, 2.05) is 0 Å². The number of rotatable bonds is 6. The predicted octanol–water partition coefficient (Wildman–Crippen LogP) is 15.3. The van der Waals surface area contributed by atoms with E-state index >= 15 is 0 Å². The van der Waals surface area contributed by atoms with Crippen LogP contribution < -0.4 is 36.3 Å². The molecule has 0 amide bonds. The third kappa shape index (κ3) is 6.06. The van der Waals surface area contributed by atoms with E-state index in [4.69, 9.17) is 0 Å². The standard InChI is InChI=1S/C68H68BN3Si/c1-45-38-46(2)62-59(39-45)71(66(4)35-19-18-34-65(62,66)3)53-41-60-63-61(42-53)72-64-55(68(51-26-16-11-17-27-51)37-21-20-36-67(68,72)5)43-54(73(6,7)8)44-57(64)69(63)56-40-50(48-24-14-10-15-25-48)30-33-58(56)70(60)52-31-28-49(29-32-52)47-22-12-9-13-23-47/h9-17,22-33,38-44H,18-21,34-37H2,1-8H3. The number of fused-ring (bicyclic) bond motifs is 10. The fourth-order valence-corrected chi connectivity index (χ4v) is 17.4. The Hall–Kier alpha value is -6.56. The molecular formula is C68H68BN3Si. The van der Waals surface area contributed by atoms with Crippen molar-refractivity contribution in [1.82, 2.24) is 0 Å². The zero-order valence-corrected chi connectivity index (χ0v) is 45.2. The van der Waals surface area contributed by atoms with Crippen LogP contribution in [0.15, 0.2) is 170 Å². The first-order chi connectivity index (χ1) is 35.2. The molecule has 4 unspecified atom stereocenters. The molecule has 8 aromatic carbocycles. The summed E-state index contributed by atoms with van der Waals surface area (Å²) in [6.07, 6.45) is 9.58. The summed E-state index contributed by atoms with van der Waals surface area (Å²) in [5.74, 6) is 0. The summed E-state index contributed by atoms with van der Waals surface area (Å²) in [4.78, 5) is 8.54. The molecule has 0 N–H and O–H groups in total. The second kappa shape index (κ2) is 15.7. The number of benzene rings is 8. The first-order valence-corrected chi connectivity index (χ1v) is 31.0. The van der Waals surface area contributed by atoms with E-state index in [0.717, 1.165) is 19.3 Å². The number of hydrogen-bond donors (Lipinski definition) is 0. The molecule has 4 aliphatic heterocycles. The van der Waals surface area contributed by atoms with Crippen molar-refractivity contribution in [2.24, 2.45) is 0 Å². The molecule has 0 bridgehead atoms. The first-order valence-electron chi connectivity index (χ1n) is 27.5. The van der Waals surface area contributed by atoms with Gasteiger partial charge in [0.1, 0.15) is 0 Å².